The van der Waals surface area contributed by atoms with Crippen LogP contribution in [-0.2, 0) is 4.74 Å². The highest BCUT2D eigenvalue weighted by Gasteiger charge is 2.28. The lowest BCUT2D eigenvalue weighted by Gasteiger charge is -2.23. The number of hydrogen-bond acceptors (Lipinski definition) is 6. The number of methoxy groups -OCH3 is 1. The van der Waals surface area contributed by atoms with Crippen molar-refractivity contribution in [3.05, 3.63) is 47.0 Å². The predicted molar refractivity (Wildman–Crippen MR) is 125 cm³/mol. The SMILES string of the molecule is CCSc1ccc(C(=O)N(CC2CCCO2)c2nc3c(OC)ccc(Cl)c3s2)cc1. The quantitative estimate of drug-likeness (QED) is 0.409. The first-order chi connectivity index (χ1) is 14.6. The second kappa shape index (κ2) is 9.56. The molecule has 0 spiro atoms. The number of nitrogens with zero attached hydrogens (tertiary/aromatic N) is 2. The van der Waals surface area contributed by atoms with Crippen LogP contribution in [0.4, 0.5) is 5.13 Å². The Balaban J connectivity index is 1.71. The monoisotopic (exact) mass is 462 g/mol. The third kappa shape index (κ3) is 4.44. The molecule has 0 saturated carbocycles. The highest BCUT2D eigenvalue weighted by Crippen LogP contribution is 2.39. The second-order valence-corrected chi connectivity index (χ2v) is 9.65. The van der Waals surface area contributed by atoms with Crippen molar-refractivity contribution in [2.75, 3.05) is 30.9 Å². The van der Waals surface area contributed by atoms with E-state index in [9.17, 15) is 4.79 Å². The van der Waals surface area contributed by atoms with E-state index < -0.39 is 0 Å². The molecule has 1 fully saturated rings. The lowest BCUT2D eigenvalue weighted by atomic mass is 10.2. The second-order valence-electron chi connectivity index (χ2n) is 6.93. The number of carbonyl (C=O) groups is 1. The third-order valence-electron chi connectivity index (χ3n) is 4.97. The maximum atomic E-state index is 13.5. The predicted octanol–water partition coefficient (Wildman–Crippen LogP) is 5.90. The molecule has 0 aliphatic carbocycles. The van der Waals surface area contributed by atoms with E-state index in [1.807, 2.05) is 24.3 Å². The summed E-state index contributed by atoms with van der Waals surface area (Å²) in [5.41, 5.74) is 1.30. The van der Waals surface area contributed by atoms with Crippen LogP contribution in [0.1, 0.15) is 30.1 Å². The number of amides is 1. The van der Waals surface area contributed by atoms with Gasteiger partial charge in [-0.05, 0) is 55.0 Å². The molecule has 30 heavy (non-hydrogen) atoms. The summed E-state index contributed by atoms with van der Waals surface area (Å²) in [5, 5.41) is 1.20. The molecule has 3 aromatic rings. The largest absolute Gasteiger partial charge is 0.494 e. The van der Waals surface area contributed by atoms with Crippen LogP contribution in [0.5, 0.6) is 5.75 Å². The summed E-state index contributed by atoms with van der Waals surface area (Å²) < 4.78 is 12.1. The van der Waals surface area contributed by atoms with Gasteiger partial charge in [0.15, 0.2) is 5.13 Å². The maximum Gasteiger partial charge on any atom is 0.260 e. The van der Waals surface area contributed by atoms with E-state index in [-0.39, 0.29) is 12.0 Å². The van der Waals surface area contributed by atoms with Gasteiger partial charge < -0.3 is 9.47 Å². The number of rotatable bonds is 7. The van der Waals surface area contributed by atoms with Crippen LogP contribution in [-0.4, -0.2) is 43.0 Å². The molecule has 0 N–H and O–H groups in total. The minimum atomic E-state index is -0.0901. The van der Waals surface area contributed by atoms with Gasteiger partial charge in [-0.1, -0.05) is 29.9 Å². The number of halogens is 1. The summed E-state index contributed by atoms with van der Waals surface area (Å²) >= 11 is 9.56. The van der Waals surface area contributed by atoms with Crippen LogP contribution in [0.25, 0.3) is 10.2 Å². The van der Waals surface area contributed by atoms with E-state index in [0.717, 1.165) is 34.8 Å². The van der Waals surface area contributed by atoms with Crippen molar-refractivity contribution >= 4 is 56.0 Å². The zero-order chi connectivity index (χ0) is 21.1. The van der Waals surface area contributed by atoms with Gasteiger partial charge in [0, 0.05) is 17.1 Å². The number of hydrogen-bond donors (Lipinski definition) is 0. The summed E-state index contributed by atoms with van der Waals surface area (Å²) in [6.45, 7) is 3.30. The van der Waals surface area contributed by atoms with Crippen molar-refractivity contribution in [1.29, 1.82) is 0 Å². The normalized spacial score (nSPS) is 16.2. The lowest BCUT2D eigenvalue weighted by molar-refractivity contribution is 0.0917. The van der Waals surface area contributed by atoms with Crippen molar-refractivity contribution in [3.63, 3.8) is 0 Å². The molecule has 1 amide bonds. The molecule has 1 atom stereocenters. The van der Waals surface area contributed by atoms with Gasteiger partial charge in [-0.3, -0.25) is 9.69 Å². The Kier molecular flexibility index (Phi) is 6.83. The van der Waals surface area contributed by atoms with Gasteiger partial charge in [0.25, 0.3) is 5.91 Å². The molecule has 158 valence electrons. The molecule has 1 aliphatic heterocycles. The first-order valence-electron chi connectivity index (χ1n) is 9.90. The number of benzene rings is 2. The third-order valence-corrected chi connectivity index (χ3v) is 7.40. The highest BCUT2D eigenvalue weighted by molar-refractivity contribution is 7.99. The minimum absolute atomic E-state index is 0.00764. The van der Waals surface area contributed by atoms with Crippen molar-refractivity contribution in [1.82, 2.24) is 4.98 Å². The molecule has 1 unspecified atom stereocenters. The van der Waals surface area contributed by atoms with Crippen molar-refractivity contribution < 1.29 is 14.3 Å². The van der Waals surface area contributed by atoms with Crippen molar-refractivity contribution in [3.8, 4) is 5.75 Å². The molecule has 0 radical (unpaired) electrons. The number of thiazole rings is 1. The Morgan fingerprint density at radius 3 is 2.80 bits per heavy atom. The first kappa shape index (κ1) is 21.4. The van der Waals surface area contributed by atoms with Crippen LogP contribution < -0.4 is 9.64 Å². The fourth-order valence-corrected chi connectivity index (χ4v) is 5.40. The molecule has 0 bridgehead atoms. The number of thioether (sulfide) groups is 1. The van der Waals surface area contributed by atoms with Crippen LogP contribution in [0, 0.1) is 0 Å². The fourth-order valence-electron chi connectivity index (χ4n) is 3.48. The molecule has 1 aromatic heterocycles. The molecular weight excluding hydrogens is 440 g/mol. The molecule has 2 aromatic carbocycles. The number of aromatic nitrogens is 1. The minimum Gasteiger partial charge on any atom is -0.494 e. The Labute approximate surface area is 189 Å². The Hall–Kier alpha value is -1.80. The van der Waals surface area contributed by atoms with E-state index in [0.29, 0.717) is 33.5 Å². The topological polar surface area (TPSA) is 51.7 Å². The Morgan fingerprint density at radius 2 is 2.13 bits per heavy atom. The Morgan fingerprint density at radius 1 is 1.33 bits per heavy atom. The van der Waals surface area contributed by atoms with Gasteiger partial charge in [0.05, 0.1) is 29.5 Å². The molecule has 1 saturated heterocycles. The molecule has 8 heteroatoms. The van der Waals surface area contributed by atoms with Crippen LogP contribution in [0.3, 0.4) is 0 Å². The van der Waals surface area contributed by atoms with Gasteiger partial charge >= 0.3 is 0 Å². The fraction of sp³-hybridized carbons (Fsp3) is 0.364. The van der Waals surface area contributed by atoms with Crippen LogP contribution in [0.15, 0.2) is 41.3 Å². The summed E-state index contributed by atoms with van der Waals surface area (Å²) in [7, 11) is 1.60. The highest BCUT2D eigenvalue weighted by atomic mass is 35.5. The van der Waals surface area contributed by atoms with Crippen molar-refractivity contribution in [2.24, 2.45) is 0 Å². The van der Waals surface area contributed by atoms with Crippen molar-refractivity contribution in [2.45, 2.75) is 30.8 Å². The van der Waals surface area contributed by atoms with E-state index in [2.05, 4.69) is 6.92 Å². The molecule has 1 aliphatic rings. The molecular formula is C22H23ClN2O3S2. The number of fused-ring (bicyclic) bond motifs is 1. The lowest BCUT2D eigenvalue weighted by Crippen LogP contribution is -2.37. The Bertz CT molecular complexity index is 1030. The molecule has 4 rings (SSSR count). The molecule has 5 nitrogen and oxygen atoms in total. The van der Waals surface area contributed by atoms with Crippen LogP contribution in [0.2, 0.25) is 5.02 Å². The summed E-state index contributed by atoms with van der Waals surface area (Å²) in [6, 6.07) is 11.3. The van der Waals surface area contributed by atoms with E-state index in [1.165, 1.54) is 11.3 Å². The molecule has 2 heterocycles. The van der Waals surface area contributed by atoms with E-state index in [1.54, 1.807) is 35.9 Å². The smallest absolute Gasteiger partial charge is 0.260 e. The summed E-state index contributed by atoms with van der Waals surface area (Å²) in [4.78, 5) is 21.1. The van der Waals surface area contributed by atoms with E-state index >= 15 is 0 Å². The number of carbonyl (C=O) groups excluding carboxylic acids is 1. The number of anilines is 1. The van der Waals surface area contributed by atoms with Crippen LogP contribution >= 0.6 is 34.7 Å². The summed E-state index contributed by atoms with van der Waals surface area (Å²) in [5.74, 6) is 1.54. The number of ether oxygens (including phenoxy) is 2. The standard InChI is InChI=1S/C22H23ClN2O3S2/c1-3-29-16-8-6-14(7-9-16)21(26)25(13-15-5-4-12-28-15)22-24-19-18(27-2)11-10-17(23)20(19)30-22/h6-11,15H,3-5,12-13H2,1-2H3. The van der Waals surface area contributed by atoms with Gasteiger partial charge in [0.2, 0.25) is 0 Å². The average Bonchev–Trinajstić information content (AvgIpc) is 3.43. The zero-order valence-corrected chi connectivity index (χ0v) is 19.3. The maximum absolute atomic E-state index is 13.5. The van der Waals surface area contributed by atoms with E-state index in [4.69, 9.17) is 26.1 Å². The summed E-state index contributed by atoms with van der Waals surface area (Å²) in [6.07, 6.45) is 1.95. The zero-order valence-electron chi connectivity index (χ0n) is 16.9. The van der Waals surface area contributed by atoms with Gasteiger partial charge in [0.1, 0.15) is 11.3 Å². The van der Waals surface area contributed by atoms with Gasteiger partial charge in [-0.25, -0.2) is 4.98 Å². The van der Waals surface area contributed by atoms with Gasteiger partial charge in [-0.15, -0.1) is 11.8 Å². The first-order valence-corrected chi connectivity index (χ1v) is 12.1. The average molecular weight is 463 g/mol. The van der Waals surface area contributed by atoms with Gasteiger partial charge in [-0.2, -0.15) is 0 Å².